The van der Waals surface area contributed by atoms with Crippen molar-refractivity contribution in [3.05, 3.63) is 40.9 Å². The summed E-state index contributed by atoms with van der Waals surface area (Å²) in [5.74, 6) is 0.855. The summed E-state index contributed by atoms with van der Waals surface area (Å²) in [4.78, 5) is 41.2. The summed E-state index contributed by atoms with van der Waals surface area (Å²) in [7, 11) is -3.27. The fourth-order valence-electron chi connectivity index (χ4n) is 3.27. The van der Waals surface area contributed by atoms with E-state index in [1.165, 1.54) is 18.0 Å². The molecule has 1 saturated heterocycles. The molecule has 1 fully saturated rings. The SMILES string of the molecule is COc1ccc(-c2nc3c(ncn3C3O[C@@H](COP(=O)(O)O)[C@H](O)[C@@H]3O)c(=O)[nH]2)cc1. The second kappa shape index (κ2) is 8.13. The minimum absolute atomic E-state index is 0.0162. The number of fused-ring (bicyclic) bond motifs is 1. The highest BCUT2D eigenvalue weighted by molar-refractivity contribution is 7.46. The first kappa shape index (κ1) is 21.6. The van der Waals surface area contributed by atoms with Gasteiger partial charge in [-0.2, -0.15) is 0 Å². The Kier molecular flexibility index (Phi) is 5.66. The molecule has 3 heterocycles. The number of nitrogens with zero attached hydrogens (tertiary/aromatic N) is 3. The van der Waals surface area contributed by atoms with Gasteiger partial charge in [-0.25, -0.2) is 14.5 Å². The van der Waals surface area contributed by atoms with Crippen molar-refractivity contribution in [3.8, 4) is 17.1 Å². The summed E-state index contributed by atoms with van der Waals surface area (Å²) in [5.41, 5.74) is 0.136. The van der Waals surface area contributed by atoms with Gasteiger partial charge in [-0.3, -0.25) is 13.9 Å². The molecule has 2 aromatic heterocycles. The number of ether oxygens (including phenoxy) is 2. The summed E-state index contributed by atoms with van der Waals surface area (Å²) in [6.45, 7) is -0.656. The number of hydrogen-bond donors (Lipinski definition) is 5. The lowest BCUT2D eigenvalue weighted by Gasteiger charge is -2.16. The van der Waals surface area contributed by atoms with Crippen LogP contribution in [0.15, 0.2) is 35.4 Å². The summed E-state index contributed by atoms with van der Waals surface area (Å²) >= 11 is 0. The minimum atomic E-state index is -4.80. The molecule has 4 rings (SSSR count). The maximum atomic E-state index is 12.5. The number of nitrogens with one attached hydrogen (secondary N) is 1. The number of aromatic amines is 1. The van der Waals surface area contributed by atoms with Crippen LogP contribution in [-0.4, -0.2) is 71.5 Å². The molecule has 0 radical (unpaired) electrons. The number of benzene rings is 1. The Morgan fingerprint density at radius 2 is 1.94 bits per heavy atom. The number of hydrogen-bond acceptors (Lipinski definition) is 9. The average Bonchev–Trinajstić information content (AvgIpc) is 3.28. The summed E-state index contributed by atoms with van der Waals surface area (Å²) in [5, 5.41) is 20.6. The standard InChI is InChI=1S/C17H19N4O9P/c1-28-9-4-2-8(3-5-9)14-19-15-11(16(24)20-14)18-7-21(15)17-13(23)12(22)10(30-17)6-29-31(25,26)27/h2-5,7,10,12-13,17,22-23H,6H2,1H3,(H,19,20,24)(H2,25,26,27)/t10-,12-,13-,17?/m0/s1. The molecular formula is C17H19N4O9P. The molecule has 4 atom stereocenters. The van der Waals surface area contributed by atoms with Crippen LogP contribution >= 0.6 is 7.82 Å². The number of aliphatic hydroxyl groups excluding tert-OH is 2. The van der Waals surface area contributed by atoms with E-state index in [9.17, 15) is 19.6 Å². The second-order valence-electron chi connectivity index (χ2n) is 6.80. The predicted molar refractivity (Wildman–Crippen MR) is 104 cm³/mol. The fraction of sp³-hybridized carbons (Fsp3) is 0.353. The van der Waals surface area contributed by atoms with E-state index in [0.29, 0.717) is 11.3 Å². The zero-order valence-electron chi connectivity index (χ0n) is 16.0. The molecule has 0 aliphatic carbocycles. The highest BCUT2D eigenvalue weighted by Crippen LogP contribution is 2.38. The molecule has 3 aromatic rings. The third-order valence-corrected chi connectivity index (χ3v) is 5.30. The zero-order valence-corrected chi connectivity index (χ0v) is 16.9. The lowest BCUT2D eigenvalue weighted by Crippen LogP contribution is -2.33. The molecule has 5 N–H and O–H groups in total. The van der Waals surface area contributed by atoms with Gasteiger partial charge < -0.3 is 34.5 Å². The number of phosphoric acid groups is 1. The number of H-pyrrole nitrogens is 1. The smallest absolute Gasteiger partial charge is 0.469 e. The van der Waals surface area contributed by atoms with E-state index in [4.69, 9.17) is 19.3 Å². The van der Waals surface area contributed by atoms with Crippen molar-refractivity contribution in [2.24, 2.45) is 0 Å². The van der Waals surface area contributed by atoms with Gasteiger partial charge in [-0.1, -0.05) is 0 Å². The zero-order chi connectivity index (χ0) is 22.3. The lowest BCUT2D eigenvalue weighted by atomic mass is 10.1. The lowest BCUT2D eigenvalue weighted by molar-refractivity contribution is -0.0503. The van der Waals surface area contributed by atoms with Crippen molar-refractivity contribution >= 4 is 19.0 Å². The molecule has 166 valence electrons. The second-order valence-corrected chi connectivity index (χ2v) is 8.04. The molecule has 0 amide bonds. The van der Waals surface area contributed by atoms with Crippen LogP contribution in [0.1, 0.15) is 6.23 Å². The van der Waals surface area contributed by atoms with Gasteiger partial charge in [0.25, 0.3) is 5.56 Å². The Morgan fingerprint density at radius 3 is 2.58 bits per heavy atom. The van der Waals surface area contributed by atoms with Crippen molar-refractivity contribution in [2.45, 2.75) is 24.5 Å². The van der Waals surface area contributed by atoms with Gasteiger partial charge in [0.2, 0.25) is 0 Å². The van der Waals surface area contributed by atoms with Crippen LogP contribution in [0.2, 0.25) is 0 Å². The number of methoxy groups -OCH3 is 1. The Balaban J connectivity index is 1.68. The Morgan fingerprint density at radius 1 is 1.23 bits per heavy atom. The van der Waals surface area contributed by atoms with E-state index in [2.05, 4.69) is 19.5 Å². The van der Waals surface area contributed by atoms with Crippen molar-refractivity contribution in [2.75, 3.05) is 13.7 Å². The summed E-state index contributed by atoms with van der Waals surface area (Å²) in [6, 6.07) is 6.79. The van der Waals surface area contributed by atoms with Crippen molar-refractivity contribution in [3.63, 3.8) is 0 Å². The van der Waals surface area contributed by atoms with E-state index in [1.807, 2.05) is 0 Å². The van der Waals surface area contributed by atoms with Gasteiger partial charge in [-0.05, 0) is 24.3 Å². The molecule has 0 spiro atoms. The molecular weight excluding hydrogens is 435 g/mol. The van der Waals surface area contributed by atoms with Crippen molar-refractivity contribution in [1.29, 1.82) is 0 Å². The summed E-state index contributed by atoms with van der Waals surface area (Å²) in [6.07, 6.45) is -4.22. The Hall–Kier alpha value is -2.64. The van der Waals surface area contributed by atoms with E-state index < -0.39 is 44.5 Å². The third-order valence-electron chi connectivity index (χ3n) is 4.81. The number of aliphatic hydroxyl groups is 2. The van der Waals surface area contributed by atoms with Crippen LogP contribution in [0, 0.1) is 0 Å². The van der Waals surface area contributed by atoms with Gasteiger partial charge in [0.05, 0.1) is 20.0 Å². The number of rotatable bonds is 6. The molecule has 1 aromatic carbocycles. The average molecular weight is 454 g/mol. The number of aromatic nitrogens is 4. The molecule has 13 nitrogen and oxygen atoms in total. The van der Waals surface area contributed by atoms with Gasteiger partial charge >= 0.3 is 7.82 Å². The van der Waals surface area contributed by atoms with Crippen LogP contribution in [0.5, 0.6) is 5.75 Å². The van der Waals surface area contributed by atoms with Gasteiger partial charge in [0.15, 0.2) is 17.4 Å². The van der Waals surface area contributed by atoms with E-state index in [-0.39, 0.29) is 17.0 Å². The van der Waals surface area contributed by atoms with Crippen LogP contribution in [-0.2, 0) is 13.8 Å². The largest absolute Gasteiger partial charge is 0.497 e. The first-order chi connectivity index (χ1) is 14.7. The first-order valence-electron chi connectivity index (χ1n) is 9.01. The Bertz CT molecular complexity index is 1190. The monoisotopic (exact) mass is 454 g/mol. The predicted octanol–water partition coefficient (Wildman–Crippen LogP) is -0.476. The Labute approximate surface area is 174 Å². The third kappa shape index (κ3) is 4.25. The van der Waals surface area contributed by atoms with Crippen LogP contribution < -0.4 is 10.3 Å². The minimum Gasteiger partial charge on any atom is -0.497 e. The maximum absolute atomic E-state index is 12.5. The molecule has 1 aliphatic rings. The fourth-order valence-corrected chi connectivity index (χ4v) is 3.61. The van der Waals surface area contributed by atoms with E-state index in [0.717, 1.165) is 0 Å². The van der Waals surface area contributed by atoms with E-state index in [1.54, 1.807) is 24.3 Å². The molecule has 1 unspecified atom stereocenters. The molecule has 1 aliphatic heterocycles. The molecule has 14 heteroatoms. The quantitative estimate of drug-likeness (QED) is 0.303. The normalized spacial score (nSPS) is 24.0. The van der Waals surface area contributed by atoms with Gasteiger partial charge in [0.1, 0.15) is 29.9 Å². The van der Waals surface area contributed by atoms with E-state index >= 15 is 0 Å². The van der Waals surface area contributed by atoms with Crippen molar-refractivity contribution in [1.82, 2.24) is 19.5 Å². The molecule has 0 saturated carbocycles. The van der Waals surface area contributed by atoms with Crippen LogP contribution in [0.3, 0.4) is 0 Å². The van der Waals surface area contributed by atoms with Crippen LogP contribution in [0.4, 0.5) is 0 Å². The highest BCUT2D eigenvalue weighted by atomic mass is 31.2. The number of phosphoric ester groups is 1. The molecule has 31 heavy (non-hydrogen) atoms. The first-order valence-corrected chi connectivity index (χ1v) is 10.5. The van der Waals surface area contributed by atoms with Gasteiger partial charge in [-0.15, -0.1) is 0 Å². The van der Waals surface area contributed by atoms with Gasteiger partial charge in [0, 0.05) is 5.56 Å². The number of imidazole rings is 1. The topological polar surface area (TPSA) is 189 Å². The van der Waals surface area contributed by atoms with Crippen LogP contribution in [0.25, 0.3) is 22.6 Å². The highest BCUT2D eigenvalue weighted by Gasteiger charge is 2.45. The maximum Gasteiger partial charge on any atom is 0.469 e. The van der Waals surface area contributed by atoms with Crippen molar-refractivity contribution < 1.29 is 38.6 Å². The molecule has 0 bridgehead atoms. The summed E-state index contributed by atoms with van der Waals surface area (Å²) < 4.78 is 27.2.